The standard InChI is InChI=1S/C29H26N4O3/c34-23-10-8-20(9-11-23)21-12-14-32(15-13-21)29(35)25-17-27(22-5-2-1-3-6-22)31-28-26(25)18-30-33(28)19-24-7-4-16-36-24/h1-11,16-18,21,34H,12-15,19H2. The third-order valence-corrected chi connectivity index (χ3v) is 6.94. The van der Waals surface area contributed by atoms with Gasteiger partial charge in [0.1, 0.15) is 18.1 Å². The summed E-state index contributed by atoms with van der Waals surface area (Å²) in [5.41, 5.74) is 4.18. The maximum Gasteiger partial charge on any atom is 0.254 e. The minimum atomic E-state index is 0.00119. The molecule has 1 aliphatic heterocycles. The highest BCUT2D eigenvalue weighted by Crippen LogP contribution is 2.31. The van der Waals surface area contributed by atoms with E-state index in [1.54, 1.807) is 29.3 Å². The monoisotopic (exact) mass is 478 g/mol. The van der Waals surface area contributed by atoms with Crippen LogP contribution in [0.3, 0.4) is 0 Å². The van der Waals surface area contributed by atoms with E-state index in [0.717, 1.165) is 35.2 Å². The fourth-order valence-corrected chi connectivity index (χ4v) is 4.98. The number of piperidine rings is 1. The lowest BCUT2D eigenvalue weighted by molar-refractivity contribution is 0.0715. The number of fused-ring (bicyclic) bond motifs is 1. The number of nitrogens with zero attached hydrogens (tertiary/aromatic N) is 4. The van der Waals surface area contributed by atoms with E-state index in [2.05, 4.69) is 5.10 Å². The summed E-state index contributed by atoms with van der Waals surface area (Å²) in [6, 6.07) is 23.0. The van der Waals surface area contributed by atoms with Gasteiger partial charge in [0.25, 0.3) is 5.91 Å². The van der Waals surface area contributed by atoms with Gasteiger partial charge < -0.3 is 14.4 Å². The highest BCUT2D eigenvalue weighted by Gasteiger charge is 2.27. The zero-order chi connectivity index (χ0) is 24.5. The number of benzene rings is 2. The predicted octanol–water partition coefficient (Wildman–Crippen LogP) is 5.47. The third-order valence-electron chi connectivity index (χ3n) is 6.94. The lowest BCUT2D eigenvalue weighted by Gasteiger charge is -2.32. The Balaban J connectivity index is 1.32. The summed E-state index contributed by atoms with van der Waals surface area (Å²) in [4.78, 5) is 20.7. The normalized spacial score (nSPS) is 14.4. The molecule has 1 aliphatic rings. The molecule has 1 amide bonds. The number of phenols is 1. The van der Waals surface area contributed by atoms with Crippen molar-refractivity contribution in [3.63, 3.8) is 0 Å². The molecule has 0 unspecified atom stereocenters. The van der Waals surface area contributed by atoms with Crippen molar-refractivity contribution in [2.45, 2.75) is 25.3 Å². The summed E-state index contributed by atoms with van der Waals surface area (Å²) in [7, 11) is 0. The Hall–Kier alpha value is -4.39. The number of phenolic OH excluding ortho intramolecular Hbond substituents is 1. The molecule has 1 saturated heterocycles. The van der Waals surface area contributed by atoms with Crippen LogP contribution in [0.5, 0.6) is 5.75 Å². The van der Waals surface area contributed by atoms with Crippen LogP contribution in [0, 0.1) is 0 Å². The lowest BCUT2D eigenvalue weighted by Crippen LogP contribution is -2.38. The Morgan fingerprint density at radius 1 is 1.00 bits per heavy atom. The first-order chi connectivity index (χ1) is 17.7. The van der Waals surface area contributed by atoms with Gasteiger partial charge in [-0.15, -0.1) is 0 Å². The summed E-state index contributed by atoms with van der Waals surface area (Å²) < 4.78 is 7.31. The molecule has 180 valence electrons. The van der Waals surface area contributed by atoms with Gasteiger partial charge in [0.05, 0.1) is 29.1 Å². The van der Waals surface area contributed by atoms with E-state index < -0.39 is 0 Å². The van der Waals surface area contributed by atoms with Gasteiger partial charge in [0.2, 0.25) is 0 Å². The Morgan fingerprint density at radius 3 is 2.50 bits per heavy atom. The number of carbonyl (C=O) groups is 1. The molecule has 0 bridgehead atoms. The second-order valence-electron chi connectivity index (χ2n) is 9.20. The molecule has 2 aromatic carbocycles. The first-order valence-corrected chi connectivity index (χ1v) is 12.2. The molecule has 1 N–H and O–H groups in total. The number of furan rings is 1. The van der Waals surface area contributed by atoms with Crippen LogP contribution in [0.25, 0.3) is 22.3 Å². The molecule has 36 heavy (non-hydrogen) atoms. The largest absolute Gasteiger partial charge is 0.508 e. The van der Waals surface area contributed by atoms with Crippen LogP contribution in [0.2, 0.25) is 0 Å². The number of likely N-dealkylation sites (tertiary alicyclic amines) is 1. The molecule has 0 saturated carbocycles. The Labute approximate surface area is 208 Å². The van der Waals surface area contributed by atoms with Gasteiger partial charge in [-0.25, -0.2) is 9.67 Å². The maximum absolute atomic E-state index is 13.8. The number of pyridine rings is 1. The van der Waals surface area contributed by atoms with Crippen LogP contribution in [-0.4, -0.2) is 43.8 Å². The minimum absolute atomic E-state index is 0.00119. The van der Waals surface area contributed by atoms with Crippen molar-refractivity contribution in [1.29, 1.82) is 0 Å². The van der Waals surface area contributed by atoms with E-state index in [0.29, 0.717) is 36.8 Å². The van der Waals surface area contributed by atoms with Crippen LogP contribution < -0.4 is 0 Å². The van der Waals surface area contributed by atoms with Gasteiger partial charge >= 0.3 is 0 Å². The zero-order valence-electron chi connectivity index (χ0n) is 19.7. The number of amides is 1. The molecule has 1 fully saturated rings. The maximum atomic E-state index is 13.8. The Bertz CT molecular complexity index is 1480. The molecule has 7 nitrogen and oxygen atoms in total. The van der Waals surface area contributed by atoms with Crippen LogP contribution in [-0.2, 0) is 6.54 Å². The van der Waals surface area contributed by atoms with Gasteiger partial charge in [-0.3, -0.25) is 4.79 Å². The van der Waals surface area contributed by atoms with E-state index in [1.807, 2.05) is 65.6 Å². The van der Waals surface area contributed by atoms with Crippen molar-refractivity contribution in [3.05, 3.63) is 102 Å². The number of aromatic hydroxyl groups is 1. The van der Waals surface area contributed by atoms with Crippen molar-refractivity contribution >= 4 is 16.9 Å². The lowest BCUT2D eigenvalue weighted by atomic mass is 9.89. The molecular weight excluding hydrogens is 452 g/mol. The molecule has 0 aliphatic carbocycles. The molecule has 7 heteroatoms. The second-order valence-corrected chi connectivity index (χ2v) is 9.20. The van der Waals surface area contributed by atoms with Gasteiger partial charge in [-0.05, 0) is 54.7 Å². The molecule has 0 radical (unpaired) electrons. The molecule has 5 aromatic rings. The predicted molar refractivity (Wildman–Crippen MR) is 137 cm³/mol. The van der Waals surface area contributed by atoms with Gasteiger partial charge in [0.15, 0.2) is 5.65 Å². The Morgan fingerprint density at radius 2 is 1.78 bits per heavy atom. The second kappa shape index (κ2) is 9.34. The van der Waals surface area contributed by atoms with Crippen LogP contribution in [0.15, 0.2) is 89.7 Å². The van der Waals surface area contributed by atoms with Gasteiger partial charge in [0, 0.05) is 18.7 Å². The number of hydrogen-bond donors (Lipinski definition) is 1. The molecule has 4 heterocycles. The fourth-order valence-electron chi connectivity index (χ4n) is 4.98. The fraction of sp³-hybridized carbons (Fsp3) is 0.207. The zero-order valence-corrected chi connectivity index (χ0v) is 19.7. The van der Waals surface area contributed by atoms with Crippen LogP contribution in [0.1, 0.15) is 40.4 Å². The van der Waals surface area contributed by atoms with E-state index >= 15 is 0 Å². The van der Waals surface area contributed by atoms with Crippen LogP contribution >= 0.6 is 0 Å². The SMILES string of the molecule is O=C(c1cc(-c2ccccc2)nc2c1cnn2Cc1ccco1)N1CCC(c2ccc(O)cc2)CC1. The summed E-state index contributed by atoms with van der Waals surface area (Å²) in [5, 5.41) is 14.9. The summed E-state index contributed by atoms with van der Waals surface area (Å²) in [6.07, 6.45) is 5.14. The number of rotatable bonds is 5. The van der Waals surface area contributed by atoms with Gasteiger partial charge in [-0.2, -0.15) is 5.10 Å². The van der Waals surface area contributed by atoms with E-state index in [-0.39, 0.29) is 11.7 Å². The van der Waals surface area contributed by atoms with Crippen molar-refractivity contribution in [1.82, 2.24) is 19.7 Å². The van der Waals surface area contributed by atoms with Crippen molar-refractivity contribution in [3.8, 4) is 17.0 Å². The minimum Gasteiger partial charge on any atom is -0.508 e. The molecular formula is C29H26N4O3. The van der Waals surface area contributed by atoms with E-state index in [4.69, 9.17) is 9.40 Å². The third kappa shape index (κ3) is 4.24. The smallest absolute Gasteiger partial charge is 0.254 e. The van der Waals surface area contributed by atoms with Crippen molar-refractivity contribution in [2.24, 2.45) is 0 Å². The van der Waals surface area contributed by atoms with Gasteiger partial charge in [-0.1, -0.05) is 42.5 Å². The first-order valence-electron chi connectivity index (χ1n) is 12.2. The summed E-state index contributed by atoms with van der Waals surface area (Å²) in [6.45, 7) is 1.79. The highest BCUT2D eigenvalue weighted by molar-refractivity contribution is 6.06. The van der Waals surface area contributed by atoms with Crippen LogP contribution in [0.4, 0.5) is 0 Å². The first kappa shape index (κ1) is 22.1. The molecule has 0 spiro atoms. The number of hydrogen-bond acceptors (Lipinski definition) is 5. The molecule has 6 rings (SSSR count). The van der Waals surface area contributed by atoms with Crippen molar-refractivity contribution in [2.75, 3.05) is 13.1 Å². The van der Waals surface area contributed by atoms with Crippen molar-refractivity contribution < 1.29 is 14.3 Å². The van der Waals surface area contributed by atoms with E-state index in [1.165, 1.54) is 5.56 Å². The topological polar surface area (TPSA) is 84.4 Å². The molecule has 3 aromatic heterocycles. The summed E-state index contributed by atoms with van der Waals surface area (Å²) >= 11 is 0. The molecule has 0 atom stereocenters. The highest BCUT2D eigenvalue weighted by atomic mass is 16.3. The van der Waals surface area contributed by atoms with E-state index in [9.17, 15) is 9.90 Å². The quantitative estimate of drug-likeness (QED) is 0.362. The number of aromatic nitrogens is 3. The number of carbonyl (C=O) groups excluding carboxylic acids is 1. The average Bonchev–Trinajstić information content (AvgIpc) is 3.59. The Kier molecular flexibility index (Phi) is 5.73. The summed E-state index contributed by atoms with van der Waals surface area (Å²) in [5.74, 6) is 1.43. The average molecular weight is 479 g/mol.